The van der Waals surface area contributed by atoms with Crippen molar-refractivity contribution in [3.63, 3.8) is 0 Å². The molecule has 6 nitrogen and oxygen atoms in total. The number of hydrogen-bond donors (Lipinski definition) is 2. The van der Waals surface area contributed by atoms with E-state index in [0.29, 0.717) is 0 Å². The van der Waals surface area contributed by atoms with Gasteiger partial charge >= 0.3 is 0 Å². The minimum absolute atomic E-state index is 0.202. The molecule has 0 radical (unpaired) electrons. The van der Waals surface area contributed by atoms with Crippen molar-refractivity contribution in [3.05, 3.63) is 59.9 Å². The number of para-hydroxylation sites is 1. The second kappa shape index (κ2) is 4.59. The van der Waals surface area contributed by atoms with Gasteiger partial charge in [0.25, 0.3) is 0 Å². The zero-order valence-corrected chi connectivity index (χ0v) is 11.3. The van der Waals surface area contributed by atoms with Crippen LogP contribution in [0.4, 0.5) is 5.69 Å². The molecular weight excluding hydrogens is 264 g/mol. The Morgan fingerprint density at radius 1 is 1.19 bits per heavy atom. The van der Waals surface area contributed by atoms with Crippen molar-refractivity contribution in [1.29, 1.82) is 0 Å². The first-order valence-corrected chi connectivity index (χ1v) is 6.75. The molecule has 0 saturated heterocycles. The van der Waals surface area contributed by atoms with Crippen LogP contribution in [0.2, 0.25) is 0 Å². The molecule has 0 saturated carbocycles. The molecule has 3 N–H and O–H groups in total. The number of aromatic nitrogens is 1. The molecule has 4 rings (SSSR count). The van der Waals surface area contributed by atoms with Gasteiger partial charge < -0.3 is 16.0 Å². The maximum absolute atomic E-state index is 5.86. The maximum Gasteiger partial charge on any atom is 0.220 e. The second-order valence-electron chi connectivity index (χ2n) is 4.99. The Balaban J connectivity index is 1.77. The lowest BCUT2D eigenvalue weighted by atomic mass is 10.1. The standard InChI is InChI=1S/C15H14N6/c16-14-19-13(10-5-3-7-17-8-10)21-9-11-4-1-2-6-12(11)18-15(21)20-14/h1-8,13H,9H2,(H3,16,18,19,20). The number of nitrogens with zero attached hydrogens (tertiary/aromatic N) is 4. The lowest BCUT2D eigenvalue weighted by Gasteiger charge is -2.38. The van der Waals surface area contributed by atoms with Crippen LogP contribution >= 0.6 is 0 Å². The summed E-state index contributed by atoms with van der Waals surface area (Å²) in [6.07, 6.45) is 3.36. The maximum atomic E-state index is 5.86. The molecule has 104 valence electrons. The molecule has 21 heavy (non-hydrogen) atoms. The average Bonchev–Trinajstić information content (AvgIpc) is 2.53. The third kappa shape index (κ3) is 2.01. The van der Waals surface area contributed by atoms with Crippen LogP contribution in [0.5, 0.6) is 0 Å². The van der Waals surface area contributed by atoms with E-state index in [2.05, 4.69) is 31.3 Å². The number of nitrogens with two attached hydrogens (primary N) is 1. The highest BCUT2D eigenvalue weighted by atomic mass is 15.4. The Hall–Kier alpha value is -2.89. The number of aliphatic imine (C=N–C) groups is 2. The Bertz CT molecular complexity index is 737. The molecule has 0 bridgehead atoms. The fraction of sp³-hybridized carbons (Fsp3) is 0.133. The van der Waals surface area contributed by atoms with Crippen LogP contribution in [0.3, 0.4) is 0 Å². The van der Waals surface area contributed by atoms with Gasteiger partial charge in [-0.2, -0.15) is 4.99 Å². The minimum atomic E-state index is -0.202. The van der Waals surface area contributed by atoms with E-state index in [1.807, 2.05) is 36.5 Å². The summed E-state index contributed by atoms with van der Waals surface area (Å²) in [4.78, 5) is 15.0. The molecule has 0 amide bonds. The Morgan fingerprint density at radius 2 is 2.10 bits per heavy atom. The summed E-state index contributed by atoms with van der Waals surface area (Å²) in [5, 5.41) is 3.32. The molecule has 1 aromatic carbocycles. The fourth-order valence-corrected chi connectivity index (χ4v) is 2.64. The summed E-state index contributed by atoms with van der Waals surface area (Å²) in [5.74, 6) is 1.01. The van der Waals surface area contributed by atoms with Gasteiger partial charge in [0.15, 0.2) is 6.17 Å². The molecule has 2 aliphatic rings. The van der Waals surface area contributed by atoms with Gasteiger partial charge in [-0.25, -0.2) is 4.99 Å². The number of rotatable bonds is 1. The van der Waals surface area contributed by atoms with E-state index < -0.39 is 0 Å². The summed E-state index contributed by atoms with van der Waals surface area (Å²) in [5.41, 5.74) is 9.13. The SMILES string of the molecule is NC1=NC(c2cccnc2)N2Cc3ccccc3NC2=N1. The van der Waals surface area contributed by atoms with Gasteiger partial charge in [-0.1, -0.05) is 24.3 Å². The molecular formula is C15H14N6. The van der Waals surface area contributed by atoms with Crippen LogP contribution < -0.4 is 11.1 Å². The highest BCUT2D eigenvalue weighted by molar-refractivity contribution is 6.04. The van der Waals surface area contributed by atoms with Crippen molar-refractivity contribution in [2.24, 2.45) is 15.7 Å². The first kappa shape index (κ1) is 11.9. The summed E-state index contributed by atoms with van der Waals surface area (Å²) >= 11 is 0. The van der Waals surface area contributed by atoms with Crippen molar-refractivity contribution >= 4 is 17.6 Å². The summed E-state index contributed by atoms with van der Waals surface area (Å²) in [6, 6.07) is 12.1. The molecule has 0 aliphatic carbocycles. The number of benzene rings is 1. The van der Waals surface area contributed by atoms with E-state index in [1.54, 1.807) is 6.20 Å². The lowest BCUT2D eigenvalue weighted by molar-refractivity contribution is 0.307. The van der Waals surface area contributed by atoms with Gasteiger partial charge in [-0.15, -0.1) is 0 Å². The average molecular weight is 278 g/mol. The van der Waals surface area contributed by atoms with Gasteiger partial charge in [0.2, 0.25) is 11.9 Å². The van der Waals surface area contributed by atoms with E-state index in [9.17, 15) is 0 Å². The minimum Gasteiger partial charge on any atom is -0.368 e. The largest absolute Gasteiger partial charge is 0.368 e. The molecule has 0 spiro atoms. The molecule has 0 fully saturated rings. The van der Waals surface area contributed by atoms with Crippen LogP contribution in [-0.4, -0.2) is 21.8 Å². The molecule has 1 aromatic heterocycles. The summed E-state index contributed by atoms with van der Waals surface area (Å²) in [6.45, 7) is 0.734. The van der Waals surface area contributed by atoms with Crippen LogP contribution in [0.15, 0.2) is 58.8 Å². The van der Waals surface area contributed by atoms with Gasteiger partial charge in [0.05, 0.1) is 6.54 Å². The van der Waals surface area contributed by atoms with Gasteiger partial charge in [-0.3, -0.25) is 4.98 Å². The van der Waals surface area contributed by atoms with E-state index in [-0.39, 0.29) is 12.1 Å². The quantitative estimate of drug-likeness (QED) is 0.832. The monoisotopic (exact) mass is 278 g/mol. The van der Waals surface area contributed by atoms with Crippen molar-refractivity contribution in [2.75, 3.05) is 5.32 Å². The molecule has 3 heterocycles. The van der Waals surface area contributed by atoms with Gasteiger partial charge in [0.1, 0.15) is 0 Å². The van der Waals surface area contributed by atoms with Crippen LogP contribution in [0, 0.1) is 0 Å². The predicted molar refractivity (Wildman–Crippen MR) is 81.6 cm³/mol. The number of fused-ring (bicyclic) bond motifs is 2. The Kier molecular flexibility index (Phi) is 2.60. The number of anilines is 1. The van der Waals surface area contributed by atoms with E-state index in [4.69, 9.17) is 5.73 Å². The predicted octanol–water partition coefficient (Wildman–Crippen LogP) is 1.69. The van der Waals surface area contributed by atoms with E-state index in [1.165, 1.54) is 5.56 Å². The number of hydrogen-bond acceptors (Lipinski definition) is 6. The smallest absolute Gasteiger partial charge is 0.220 e. The van der Waals surface area contributed by atoms with Gasteiger partial charge in [-0.05, 0) is 17.7 Å². The van der Waals surface area contributed by atoms with Gasteiger partial charge in [0, 0.05) is 23.6 Å². The topological polar surface area (TPSA) is 78.9 Å². The van der Waals surface area contributed by atoms with Crippen molar-refractivity contribution < 1.29 is 0 Å². The Labute approximate surface area is 122 Å². The van der Waals surface area contributed by atoms with Crippen molar-refractivity contribution in [2.45, 2.75) is 12.7 Å². The van der Waals surface area contributed by atoms with E-state index in [0.717, 1.165) is 23.8 Å². The molecule has 2 aromatic rings. The summed E-state index contributed by atoms with van der Waals surface area (Å²) in [7, 11) is 0. The van der Waals surface area contributed by atoms with Crippen molar-refractivity contribution in [1.82, 2.24) is 9.88 Å². The molecule has 2 aliphatic heterocycles. The second-order valence-corrected chi connectivity index (χ2v) is 4.99. The first-order valence-electron chi connectivity index (χ1n) is 6.75. The zero-order valence-electron chi connectivity index (χ0n) is 11.3. The number of nitrogens with one attached hydrogen (secondary N) is 1. The highest BCUT2D eigenvalue weighted by Crippen LogP contribution is 2.32. The molecule has 6 heteroatoms. The molecule has 1 unspecified atom stereocenters. The first-order chi connectivity index (χ1) is 10.3. The highest BCUT2D eigenvalue weighted by Gasteiger charge is 2.31. The fourth-order valence-electron chi connectivity index (χ4n) is 2.64. The number of pyridine rings is 1. The van der Waals surface area contributed by atoms with Crippen LogP contribution in [-0.2, 0) is 6.54 Å². The lowest BCUT2D eigenvalue weighted by Crippen LogP contribution is -2.45. The van der Waals surface area contributed by atoms with Crippen LogP contribution in [0.25, 0.3) is 0 Å². The zero-order chi connectivity index (χ0) is 14.2. The normalized spacial score (nSPS) is 19.8. The van der Waals surface area contributed by atoms with Crippen molar-refractivity contribution in [3.8, 4) is 0 Å². The third-order valence-corrected chi connectivity index (χ3v) is 3.63. The molecule has 1 atom stereocenters. The Morgan fingerprint density at radius 3 is 2.95 bits per heavy atom. The summed E-state index contributed by atoms with van der Waals surface area (Å²) < 4.78 is 0. The van der Waals surface area contributed by atoms with Crippen LogP contribution in [0.1, 0.15) is 17.3 Å². The van der Waals surface area contributed by atoms with E-state index >= 15 is 0 Å². The third-order valence-electron chi connectivity index (χ3n) is 3.63. The number of guanidine groups is 2.